The first-order valence-electron chi connectivity index (χ1n) is 9.55. The standard InChI is InChI=1S/C21H26N2O7/c1-10-5-11(12-6-13(8-23-7-12)21(29)22-2)3-4-14(10)16(25)20-19(28)18(27)17(26)15(9-24)30-20/h3-8,15-20,24-28H,9H2,1-2H3,(H,22,29)/t15?,16-,17?,18-,19?,20-/m1/s1. The summed E-state index contributed by atoms with van der Waals surface area (Å²) in [6, 6.07) is 6.89. The zero-order chi connectivity index (χ0) is 22.0. The second-order valence-corrected chi connectivity index (χ2v) is 7.35. The van der Waals surface area contributed by atoms with Crippen molar-refractivity contribution in [1.29, 1.82) is 0 Å². The molecule has 2 aromatic rings. The molecule has 0 aliphatic carbocycles. The van der Waals surface area contributed by atoms with Crippen molar-refractivity contribution >= 4 is 5.91 Å². The molecule has 162 valence electrons. The Labute approximate surface area is 173 Å². The Bertz CT molecular complexity index is 905. The molecular weight excluding hydrogens is 392 g/mol. The molecule has 1 amide bonds. The molecule has 0 bridgehead atoms. The van der Waals surface area contributed by atoms with Crippen LogP contribution in [0.4, 0.5) is 0 Å². The van der Waals surface area contributed by atoms with Crippen molar-refractivity contribution in [1.82, 2.24) is 10.3 Å². The van der Waals surface area contributed by atoms with Gasteiger partial charge < -0.3 is 35.6 Å². The highest BCUT2D eigenvalue weighted by atomic mass is 16.6. The second-order valence-electron chi connectivity index (χ2n) is 7.35. The molecule has 30 heavy (non-hydrogen) atoms. The Kier molecular flexibility index (Phi) is 6.81. The molecule has 0 saturated carbocycles. The maximum atomic E-state index is 11.8. The van der Waals surface area contributed by atoms with Crippen molar-refractivity contribution in [2.75, 3.05) is 13.7 Å². The van der Waals surface area contributed by atoms with E-state index in [9.17, 15) is 30.3 Å². The summed E-state index contributed by atoms with van der Waals surface area (Å²) >= 11 is 0. The third kappa shape index (κ3) is 4.22. The van der Waals surface area contributed by atoms with Crippen molar-refractivity contribution in [3.8, 4) is 11.1 Å². The molecular formula is C21H26N2O7. The quantitative estimate of drug-likeness (QED) is 0.373. The molecule has 0 radical (unpaired) electrons. The fourth-order valence-electron chi connectivity index (χ4n) is 3.62. The van der Waals surface area contributed by atoms with Crippen molar-refractivity contribution in [3.63, 3.8) is 0 Å². The Morgan fingerprint density at radius 1 is 1.13 bits per heavy atom. The van der Waals surface area contributed by atoms with Gasteiger partial charge in [0.25, 0.3) is 5.91 Å². The lowest BCUT2D eigenvalue weighted by Gasteiger charge is -2.42. The molecule has 2 heterocycles. The second kappa shape index (κ2) is 9.17. The molecule has 9 heteroatoms. The topological polar surface area (TPSA) is 152 Å². The van der Waals surface area contributed by atoms with E-state index < -0.39 is 43.2 Å². The van der Waals surface area contributed by atoms with E-state index in [1.54, 1.807) is 37.4 Å². The maximum absolute atomic E-state index is 11.8. The van der Waals surface area contributed by atoms with Gasteiger partial charge in [0.05, 0.1) is 12.2 Å². The van der Waals surface area contributed by atoms with E-state index in [2.05, 4.69) is 10.3 Å². The highest BCUT2D eigenvalue weighted by Gasteiger charge is 2.46. The third-order valence-corrected chi connectivity index (χ3v) is 5.39. The smallest absolute Gasteiger partial charge is 0.252 e. The predicted octanol–water partition coefficient (Wildman–Crippen LogP) is -0.708. The number of aryl methyl sites for hydroxylation is 1. The number of amides is 1. The molecule has 1 saturated heterocycles. The fraction of sp³-hybridized carbons (Fsp3) is 0.429. The fourth-order valence-corrected chi connectivity index (χ4v) is 3.62. The summed E-state index contributed by atoms with van der Waals surface area (Å²) in [6.45, 7) is 1.20. The third-order valence-electron chi connectivity index (χ3n) is 5.39. The molecule has 6 atom stereocenters. The summed E-state index contributed by atoms with van der Waals surface area (Å²) in [7, 11) is 1.54. The Hall–Kier alpha value is -2.40. The lowest BCUT2D eigenvalue weighted by molar-refractivity contribution is -0.250. The first-order chi connectivity index (χ1) is 14.3. The number of carbonyl (C=O) groups excluding carboxylic acids is 1. The van der Waals surface area contributed by atoms with Crippen LogP contribution in [0.2, 0.25) is 0 Å². The van der Waals surface area contributed by atoms with Gasteiger partial charge in [-0.25, -0.2) is 0 Å². The minimum absolute atomic E-state index is 0.254. The summed E-state index contributed by atoms with van der Waals surface area (Å²) in [4.78, 5) is 15.9. The average molecular weight is 418 g/mol. The predicted molar refractivity (Wildman–Crippen MR) is 107 cm³/mol. The van der Waals surface area contributed by atoms with Crippen LogP contribution in [0.1, 0.15) is 27.6 Å². The molecule has 1 aromatic heterocycles. The monoisotopic (exact) mass is 418 g/mol. The number of rotatable bonds is 5. The average Bonchev–Trinajstić information content (AvgIpc) is 2.76. The van der Waals surface area contributed by atoms with E-state index in [0.29, 0.717) is 22.3 Å². The number of hydrogen-bond acceptors (Lipinski definition) is 8. The zero-order valence-electron chi connectivity index (χ0n) is 16.6. The minimum atomic E-state index is -1.56. The van der Waals surface area contributed by atoms with Crippen LogP contribution in [0.15, 0.2) is 36.7 Å². The molecule has 1 aromatic carbocycles. The van der Waals surface area contributed by atoms with Gasteiger partial charge in [0.2, 0.25) is 0 Å². The molecule has 9 nitrogen and oxygen atoms in total. The van der Waals surface area contributed by atoms with Crippen LogP contribution in [-0.2, 0) is 4.74 Å². The number of carbonyl (C=O) groups is 1. The summed E-state index contributed by atoms with van der Waals surface area (Å²) in [6.07, 6.45) is -5.14. The first kappa shape index (κ1) is 22.3. The SMILES string of the molecule is CNC(=O)c1cncc(-c2ccc([C@@H](O)[C@H]3OC(CO)C(O)[C@@H](O)C3O)c(C)c2)c1. The van der Waals surface area contributed by atoms with Gasteiger partial charge in [0.1, 0.15) is 36.6 Å². The van der Waals surface area contributed by atoms with Crippen molar-refractivity contribution in [3.05, 3.63) is 53.3 Å². The minimum Gasteiger partial charge on any atom is -0.394 e. The van der Waals surface area contributed by atoms with Crippen LogP contribution in [0.25, 0.3) is 11.1 Å². The number of hydrogen-bond donors (Lipinski definition) is 6. The van der Waals surface area contributed by atoms with Gasteiger partial charge in [-0.2, -0.15) is 0 Å². The number of aromatic nitrogens is 1. The number of nitrogens with one attached hydrogen (secondary N) is 1. The van der Waals surface area contributed by atoms with Gasteiger partial charge in [0.15, 0.2) is 0 Å². The van der Waals surface area contributed by atoms with Crippen LogP contribution in [0, 0.1) is 6.92 Å². The zero-order valence-corrected chi connectivity index (χ0v) is 16.6. The van der Waals surface area contributed by atoms with Crippen molar-refractivity contribution in [2.24, 2.45) is 0 Å². The lowest BCUT2D eigenvalue weighted by Crippen LogP contribution is -2.59. The van der Waals surface area contributed by atoms with Gasteiger partial charge in [-0.05, 0) is 29.7 Å². The summed E-state index contributed by atoms with van der Waals surface area (Å²) in [5.41, 5.74) is 3.04. The summed E-state index contributed by atoms with van der Waals surface area (Å²) in [5.74, 6) is -0.254. The largest absolute Gasteiger partial charge is 0.394 e. The van der Waals surface area contributed by atoms with E-state index in [-0.39, 0.29) is 5.91 Å². The van der Waals surface area contributed by atoms with E-state index in [4.69, 9.17) is 4.74 Å². The summed E-state index contributed by atoms with van der Waals surface area (Å²) < 4.78 is 5.46. The number of pyridine rings is 1. The number of ether oxygens (including phenoxy) is 1. The molecule has 3 rings (SSSR count). The Morgan fingerprint density at radius 2 is 1.87 bits per heavy atom. The van der Waals surface area contributed by atoms with Gasteiger partial charge in [-0.3, -0.25) is 9.78 Å². The van der Waals surface area contributed by atoms with E-state index in [1.165, 1.54) is 13.2 Å². The van der Waals surface area contributed by atoms with E-state index >= 15 is 0 Å². The van der Waals surface area contributed by atoms with Crippen molar-refractivity contribution < 1.29 is 35.1 Å². The van der Waals surface area contributed by atoms with Crippen LogP contribution in [0.3, 0.4) is 0 Å². The lowest BCUT2D eigenvalue weighted by atomic mass is 9.88. The molecule has 1 aliphatic rings. The number of aliphatic hydroxyl groups excluding tert-OH is 5. The van der Waals surface area contributed by atoms with Crippen LogP contribution in [-0.4, -0.2) is 80.6 Å². The highest BCUT2D eigenvalue weighted by Crippen LogP contribution is 2.33. The van der Waals surface area contributed by atoms with Gasteiger partial charge >= 0.3 is 0 Å². The van der Waals surface area contributed by atoms with Gasteiger partial charge in [0, 0.05) is 25.0 Å². The molecule has 1 fully saturated rings. The first-order valence-corrected chi connectivity index (χ1v) is 9.55. The Balaban J connectivity index is 1.87. The van der Waals surface area contributed by atoms with Crippen molar-refractivity contribution in [2.45, 2.75) is 43.5 Å². The Morgan fingerprint density at radius 3 is 2.50 bits per heavy atom. The van der Waals surface area contributed by atoms with Crippen LogP contribution >= 0.6 is 0 Å². The van der Waals surface area contributed by atoms with E-state index in [1.807, 2.05) is 0 Å². The number of nitrogens with zero attached hydrogens (tertiary/aromatic N) is 1. The van der Waals surface area contributed by atoms with Crippen LogP contribution in [0.5, 0.6) is 0 Å². The molecule has 1 aliphatic heterocycles. The van der Waals surface area contributed by atoms with E-state index in [0.717, 1.165) is 5.56 Å². The number of benzene rings is 1. The molecule has 3 unspecified atom stereocenters. The van der Waals surface area contributed by atoms with Gasteiger partial charge in [-0.15, -0.1) is 0 Å². The normalized spacial score (nSPS) is 27.5. The highest BCUT2D eigenvalue weighted by molar-refractivity contribution is 5.94. The maximum Gasteiger partial charge on any atom is 0.252 e. The molecule has 6 N–H and O–H groups in total. The summed E-state index contributed by atoms with van der Waals surface area (Å²) in [5, 5.41) is 52.8. The molecule has 0 spiro atoms. The van der Waals surface area contributed by atoms with Crippen LogP contribution < -0.4 is 5.32 Å². The van der Waals surface area contributed by atoms with Gasteiger partial charge in [-0.1, -0.05) is 18.2 Å². The number of aliphatic hydroxyl groups is 5.